The lowest BCUT2D eigenvalue weighted by Gasteiger charge is -2.17. The van der Waals surface area contributed by atoms with Crippen LogP contribution in [-0.2, 0) is 11.2 Å². The van der Waals surface area contributed by atoms with Gasteiger partial charge in [-0.15, -0.1) is 11.3 Å². The second-order valence-electron chi connectivity index (χ2n) is 6.87. The number of rotatable bonds is 4. The molecule has 136 valence electrons. The molecular weight excluding hydrogens is 364 g/mol. The fourth-order valence-electron chi connectivity index (χ4n) is 3.78. The van der Waals surface area contributed by atoms with Gasteiger partial charge in [-0.25, -0.2) is 4.98 Å². The zero-order chi connectivity index (χ0) is 18.9. The van der Waals surface area contributed by atoms with Gasteiger partial charge in [0, 0.05) is 16.9 Å². The Kier molecular flexibility index (Phi) is 4.26. The third-order valence-electron chi connectivity index (χ3n) is 5.08. The smallest absolute Gasteiger partial charge is 0.238 e. The highest BCUT2D eigenvalue weighted by molar-refractivity contribution is 7.16. The molecule has 1 aromatic heterocycles. The second-order valence-corrected chi connectivity index (χ2v) is 7.95. The zero-order valence-electron chi connectivity index (χ0n) is 15.1. The Labute approximate surface area is 167 Å². The van der Waals surface area contributed by atoms with Gasteiger partial charge in [-0.05, 0) is 16.7 Å². The molecule has 4 heteroatoms. The van der Waals surface area contributed by atoms with Gasteiger partial charge in [0.2, 0.25) is 5.91 Å². The van der Waals surface area contributed by atoms with Crippen LogP contribution in [0.1, 0.15) is 27.5 Å². The number of benzene rings is 3. The van der Waals surface area contributed by atoms with E-state index in [1.807, 2.05) is 66.7 Å². The molecule has 0 unspecified atom stereocenters. The molecule has 0 fully saturated rings. The average Bonchev–Trinajstić information content (AvgIpc) is 3.27. The number of thiazole rings is 1. The summed E-state index contributed by atoms with van der Waals surface area (Å²) in [6.07, 6.45) is 0.889. The topological polar surface area (TPSA) is 42.0 Å². The van der Waals surface area contributed by atoms with Gasteiger partial charge in [0.05, 0.1) is 11.6 Å². The summed E-state index contributed by atoms with van der Waals surface area (Å²) < 4.78 is 0. The minimum Gasteiger partial charge on any atom is -0.301 e. The van der Waals surface area contributed by atoms with Gasteiger partial charge in [-0.1, -0.05) is 84.9 Å². The predicted molar refractivity (Wildman–Crippen MR) is 114 cm³/mol. The van der Waals surface area contributed by atoms with Gasteiger partial charge in [-0.3, -0.25) is 4.79 Å². The molecule has 1 heterocycles. The lowest BCUT2D eigenvalue weighted by atomic mass is 9.90. The van der Waals surface area contributed by atoms with Crippen LogP contribution >= 0.6 is 11.3 Å². The maximum atomic E-state index is 13.2. The van der Waals surface area contributed by atoms with Gasteiger partial charge in [0.15, 0.2) is 5.13 Å². The van der Waals surface area contributed by atoms with Crippen LogP contribution in [-0.4, -0.2) is 10.9 Å². The van der Waals surface area contributed by atoms with E-state index in [0.717, 1.165) is 23.2 Å². The van der Waals surface area contributed by atoms with Gasteiger partial charge >= 0.3 is 0 Å². The highest BCUT2D eigenvalue weighted by Gasteiger charge is 2.26. The number of carbonyl (C=O) groups is 1. The molecular formula is C24H18N2OS. The van der Waals surface area contributed by atoms with E-state index >= 15 is 0 Å². The highest BCUT2D eigenvalue weighted by Crippen LogP contribution is 2.41. The van der Waals surface area contributed by atoms with Crippen LogP contribution < -0.4 is 5.32 Å². The van der Waals surface area contributed by atoms with Crippen molar-refractivity contribution < 1.29 is 4.79 Å². The molecule has 0 saturated heterocycles. The highest BCUT2D eigenvalue weighted by atomic mass is 32.1. The molecule has 0 bridgehead atoms. The van der Waals surface area contributed by atoms with Crippen LogP contribution in [0.3, 0.4) is 0 Å². The number of carbonyl (C=O) groups excluding carboxylic acids is 1. The normalized spacial score (nSPS) is 11.9. The molecule has 0 radical (unpaired) electrons. The molecule has 1 aliphatic carbocycles. The molecule has 0 spiro atoms. The van der Waals surface area contributed by atoms with E-state index in [-0.39, 0.29) is 11.8 Å². The van der Waals surface area contributed by atoms with Gasteiger partial charge in [-0.2, -0.15) is 0 Å². The van der Waals surface area contributed by atoms with Crippen LogP contribution in [0.4, 0.5) is 5.13 Å². The van der Waals surface area contributed by atoms with E-state index in [1.54, 1.807) is 11.3 Å². The molecule has 4 aromatic rings. The standard InChI is InChI=1S/C24H18N2OS/c27-23(21(16-9-3-1-4-10-16)17-11-5-2-6-12-17)26-24-25-22-19-14-8-7-13-18(19)15-20(22)28-24/h1-14,21H,15H2,(H,25,26,27). The molecule has 0 saturated carbocycles. The number of hydrogen-bond donors (Lipinski definition) is 1. The summed E-state index contributed by atoms with van der Waals surface area (Å²) in [5, 5.41) is 3.74. The van der Waals surface area contributed by atoms with Crippen molar-refractivity contribution in [2.24, 2.45) is 0 Å². The van der Waals surface area contributed by atoms with Gasteiger partial charge in [0.1, 0.15) is 0 Å². The second kappa shape index (κ2) is 7.06. The summed E-state index contributed by atoms with van der Waals surface area (Å²) in [4.78, 5) is 19.2. The largest absolute Gasteiger partial charge is 0.301 e. The lowest BCUT2D eigenvalue weighted by Crippen LogP contribution is -2.22. The summed E-state index contributed by atoms with van der Waals surface area (Å²) >= 11 is 1.57. The monoisotopic (exact) mass is 382 g/mol. The Bertz CT molecular complexity index is 1100. The van der Waals surface area contributed by atoms with E-state index in [0.29, 0.717) is 5.13 Å². The fraction of sp³-hybridized carbons (Fsp3) is 0.0833. The van der Waals surface area contributed by atoms with Crippen molar-refractivity contribution in [1.82, 2.24) is 4.98 Å². The van der Waals surface area contributed by atoms with Gasteiger partial charge < -0.3 is 5.32 Å². The Morgan fingerprint density at radius 2 is 1.46 bits per heavy atom. The molecule has 1 N–H and O–H groups in total. The van der Waals surface area contributed by atoms with Crippen molar-refractivity contribution in [1.29, 1.82) is 0 Å². The van der Waals surface area contributed by atoms with Crippen molar-refractivity contribution in [2.75, 3.05) is 5.32 Å². The number of hydrogen-bond acceptors (Lipinski definition) is 3. The molecule has 5 rings (SSSR count). The maximum absolute atomic E-state index is 13.2. The molecule has 1 aliphatic rings. The predicted octanol–water partition coefficient (Wildman–Crippen LogP) is 5.48. The first-order valence-electron chi connectivity index (χ1n) is 9.28. The van der Waals surface area contributed by atoms with Crippen molar-refractivity contribution in [2.45, 2.75) is 12.3 Å². The van der Waals surface area contributed by atoms with E-state index in [4.69, 9.17) is 4.98 Å². The van der Waals surface area contributed by atoms with Crippen molar-refractivity contribution in [3.63, 3.8) is 0 Å². The Morgan fingerprint density at radius 3 is 2.14 bits per heavy atom. The molecule has 28 heavy (non-hydrogen) atoms. The summed E-state index contributed by atoms with van der Waals surface area (Å²) in [5.41, 5.74) is 5.44. The van der Waals surface area contributed by atoms with Crippen LogP contribution in [0.2, 0.25) is 0 Å². The number of aromatic nitrogens is 1. The summed E-state index contributed by atoms with van der Waals surface area (Å²) in [6, 6.07) is 28.1. The quantitative estimate of drug-likeness (QED) is 0.447. The number of amides is 1. The minimum atomic E-state index is -0.367. The number of anilines is 1. The maximum Gasteiger partial charge on any atom is 0.238 e. The van der Waals surface area contributed by atoms with E-state index in [1.165, 1.54) is 16.0 Å². The first-order valence-corrected chi connectivity index (χ1v) is 10.1. The molecule has 3 nitrogen and oxygen atoms in total. The number of nitrogens with zero attached hydrogens (tertiary/aromatic N) is 1. The molecule has 3 aromatic carbocycles. The van der Waals surface area contributed by atoms with Crippen molar-refractivity contribution in [3.05, 3.63) is 106 Å². The summed E-state index contributed by atoms with van der Waals surface area (Å²) in [7, 11) is 0. The SMILES string of the molecule is O=C(Nc1nc2c(s1)Cc1ccccc1-2)C(c1ccccc1)c1ccccc1. The Hall–Kier alpha value is -3.24. The first kappa shape index (κ1) is 16.9. The van der Waals surface area contributed by atoms with Crippen LogP contribution in [0.15, 0.2) is 84.9 Å². The molecule has 0 atom stereocenters. The Morgan fingerprint density at radius 1 is 0.857 bits per heavy atom. The van der Waals surface area contributed by atoms with E-state index in [9.17, 15) is 4.79 Å². The van der Waals surface area contributed by atoms with Gasteiger partial charge in [0.25, 0.3) is 0 Å². The van der Waals surface area contributed by atoms with Crippen molar-refractivity contribution in [3.8, 4) is 11.3 Å². The average molecular weight is 382 g/mol. The first-order chi connectivity index (χ1) is 13.8. The lowest BCUT2D eigenvalue weighted by molar-refractivity contribution is -0.116. The van der Waals surface area contributed by atoms with Crippen LogP contribution in [0.5, 0.6) is 0 Å². The van der Waals surface area contributed by atoms with Crippen LogP contribution in [0, 0.1) is 0 Å². The van der Waals surface area contributed by atoms with E-state index in [2.05, 4.69) is 23.5 Å². The zero-order valence-corrected chi connectivity index (χ0v) is 15.9. The Balaban J connectivity index is 1.46. The van der Waals surface area contributed by atoms with Crippen molar-refractivity contribution >= 4 is 22.4 Å². The van der Waals surface area contributed by atoms with E-state index < -0.39 is 0 Å². The minimum absolute atomic E-state index is 0.0573. The van der Waals surface area contributed by atoms with Crippen LogP contribution in [0.25, 0.3) is 11.3 Å². The summed E-state index contributed by atoms with van der Waals surface area (Å²) in [5.74, 6) is -0.425. The third-order valence-corrected chi connectivity index (χ3v) is 6.05. The molecule has 1 amide bonds. The fourth-order valence-corrected chi connectivity index (χ4v) is 4.78. The number of nitrogens with one attached hydrogen (secondary N) is 1. The molecule has 0 aliphatic heterocycles. The third kappa shape index (κ3) is 3.02. The number of fused-ring (bicyclic) bond motifs is 3. The summed E-state index contributed by atoms with van der Waals surface area (Å²) in [6.45, 7) is 0.